The molecule has 0 fully saturated rings. The van der Waals surface area contributed by atoms with Gasteiger partial charge in [0.15, 0.2) is 0 Å². The number of nitrogens with one attached hydrogen (secondary N) is 1. The summed E-state index contributed by atoms with van der Waals surface area (Å²) in [6.45, 7) is 4.82. The monoisotopic (exact) mass is 279 g/mol. The van der Waals surface area contributed by atoms with Gasteiger partial charge in [-0.25, -0.2) is 4.79 Å². The molecule has 0 aliphatic carbocycles. The number of hydrogen-bond donors (Lipinski definition) is 2. The summed E-state index contributed by atoms with van der Waals surface area (Å²) in [7, 11) is 1.59. The van der Waals surface area contributed by atoms with E-state index < -0.39 is 5.97 Å². The van der Waals surface area contributed by atoms with Crippen molar-refractivity contribution < 1.29 is 14.3 Å². The van der Waals surface area contributed by atoms with Gasteiger partial charge in [0.25, 0.3) is 0 Å². The Kier molecular flexibility index (Phi) is 5.83. The Hall–Kier alpha value is -2.24. The fraction of sp³-hybridized carbons (Fsp3) is 0.429. The Morgan fingerprint density at radius 2 is 2.05 bits per heavy atom. The number of amides is 1. The van der Waals surface area contributed by atoms with Crippen LogP contribution in [0.3, 0.4) is 0 Å². The lowest BCUT2D eigenvalue weighted by molar-refractivity contribution is -0.119. The minimum atomic E-state index is -0.456. The van der Waals surface area contributed by atoms with Crippen molar-refractivity contribution in [1.82, 2.24) is 5.32 Å². The molecule has 6 heteroatoms. The van der Waals surface area contributed by atoms with Crippen molar-refractivity contribution in [2.45, 2.75) is 13.8 Å². The lowest BCUT2D eigenvalue weighted by atomic mass is 10.1. The number of nitrogens with zero attached hydrogens (tertiary/aromatic N) is 1. The van der Waals surface area contributed by atoms with Gasteiger partial charge in [-0.15, -0.1) is 0 Å². The van der Waals surface area contributed by atoms with Gasteiger partial charge in [-0.2, -0.15) is 0 Å². The van der Waals surface area contributed by atoms with Gasteiger partial charge >= 0.3 is 5.97 Å². The molecule has 0 bridgehead atoms. The van der Waals surface area contributed by atoms with Gasteiger partial charge in [0.2, 0.25) is 5.91 Å². The van der Waals surface area contributed by atoms with Crippen LogP contribution in [0.1, 0.15) is 24.2 Å². The van der Waals surface area contributed by atoms with Crippen LogP contribution in [0.25, 0.3) is 0 Å². The molecule has 1 aromatic carbocycles. The Morgan fingerprint density at radius 1 is 1.35 bits per heavy atom. The highest BCUT2D eigenvalue weighted by atomic mass is 16.5. The summed E-state index contributed by atoms with van der Waals surface area (Å²) in [6.07, 6.45) is 0. The van der Waals surface area contributed by atoms with Crippen molar-refractivity contribution in [3.63, 3.8) is 0 Å². The average Bonchev–Trinajstić information content (AvgIpc) is 2.45. The normalized spacial score (nSPS) is 9.95. The van der Waals surface area contributed by atoms with Gasteiger partial charge in [-0.1, -0.05) is 0 Å². The fourth-order valence-corrected chi connectivity index (χ4v) is 1.76. The summed E-state index contributed by atoms with van der Waals surface area (Å²) in [5.74, 6) is -0.552. The lowest BCUT2D eigenvalue weighted by Crippen LogP contribution is -2.35. The SMILES string of the molecule is CCOC(=O)c1cc(N(CC)CC(=O)NC)ccc1N. The molecule has 1 amide bonds. The second-order valence-electron chi connectivity index (χ2n) is 4.18. The van der Waals surface area contributed by atoms with E-state index in [1.165, 1.54) is 0 Å². The third-order valence-electron chi connectivity index (χ3n) is 2.89. The molecule has 0 unspecified atom stereocenters. The molecule has 0 saturated heterocycles. The lowest BCUT2D eigenvalue weighted by Gasteiger charge is -2.23. The molecule has 0 saturated carbocycles. The highest BCUT2D eigenvalue weighted by Crippen LogP contribution is 2.22. The molecule has 0 aliphatic rings. The number of hydrogen-bond acceptors (Lipinski definition) is 5. The van der Waals surface area contributed by atoms with Gasteiger partial charge < -0.3 is 20.7 Å². The zero-order valence-electron chi connectivity index (χ0n) is 12.1. The number of nitrogen functional groups attached to an aromatic ring is 1. The molecule has 1 aromatic rings. The first-order valence-corrected chi connectivity index (χ1v) is 6.55. The second kappa shape index (κ2) is 7.37. The molecular formula is C14H21N3O3. The van der Waals surface area contributed by atoms with Gasteiger partial charge in [0.05, 0.1) is 18.7 Å². The van der Waals surface area contributed by atoms with E-state index in [2.05, 4.69) is 5.32 Å². The predicted molar refractivity (Wildman–Crippen MR) is 78.8 cm³/mol. The van der Waals surface area contributed by atoms with E-state index in [1.807, 2.05) is 11.8 Å². The van der Waals surface area contributed by atoms with Crippen molar-refractivity contribution >= 4 is 23.3 Å². The molecular weight excluding hydrogens is 258 g/mol. The number of rotatable bonds is 6. The molecule has 110 valence electrons. The van der Waals surface area contributed by atoms with E-state index in [0.29, 0.717) is 17.8 Å². The maximum absolute atomic E-state index is 11.8. The molecule has 0 spiro atoms. The van der Waals surface area contributed by atoms with Crippen molar-refractivity contribution in [3.05, 3.63) is 23.8 Å². The Labute approximate surface area is 118 Å². The minimum absolute atomic E-state index is 0.0960. The first kappa shape index (κ1) is 15.8. The van der Waals surface area contributed by atoms with Crippen molar-refractivity contribution in [3.8, 4) is 0 Å². The maximum Gasteiger partial charge on any atom is 0.340 e. The molecule has 0 atom stereocenters. The number of carbonyl (C=O) groups is 2. The molecule has 0 aromatic heterocycles. The Morgan fingerprint density at radius 3 is 2.60 bits per heavy atom. The van der Waals surface area contributed by atoms with Crippen LogP contribution in [-0.4, -0.2) is 38.6 Å². The first-order chi connectivity index (χ1) is 9.53. The second-order valence-corrected chi connectivity index (χ2v) is 4.18. The number of carbonyl (C=O) groups excluding carboxylic acids is 2. The average molecular weight is 279 g/mol. The highest BCUT2D eigenvalue weighted by molar-refractivity contribution is 5.96. The summed E-state index contributed by atoms with van der Waals surface area (Å²) in [6, 6.07) is 5.08. The van der Waals surface area contributed by atoms with Gasteiger partial charge in [-0.3, -0.25) is 4.79 Å². The summed E-state index contributed by atoms with van der Waals surface area (Å²) in [5.41, 5.74) is 7.23. The third-order valence-corrected chi connectivity index (χ3v) is 2.89. The third kappa shape index (κ3) is 3.88. The summed E-state index contributed by atoms with van der Waals surface area (Å²) in [4.78, 5) is 25.1. The van der Waals surface area contributed by atoms with Crippen LogP contribution in [-0.2, 0) is 9.53 Å². The zero-order valence-corrected chi connectivity index (χ0v) is 12.1. The predicted octanol–water partition coefficient (Wildman–Crippen LogP) is 1.02. The van der Waals surface area contributed by atoms with Crippen molar-refractivity contribution in [2.24, 2.45) is 0 Å². The number of esters is 1. The van der Waals surface area contributed by atoms with E-state index >= 15 is 0 Å². The summed E-state index contributed by atoms with van der Waals surface area (Å²) in [5, 5.41) is 2.57. The Bertz CT molecular complexity index is 489. The number of nitrogens with two attached hydrogens (primary N) is 1. The number of ether oxygens (including phenoxy) is 1. The van der Waals surface area contributed by atoms with Crippen LogP contribution >= 0.6 is 0 Å². The van der Waals surface area contributed by atoms with Crippen molar-refractivity contribution in [2.75, 3.05) is 37.4 Å². The van der Waals surface area contributed by atoms with Gasteiger partial charge in [-0.05, 0) is 32.0 Å². The van der Waals surface area contributed by atoms with Crippen LogP contribution in [0, 0.1) is 0 Å². The smallest absolute Gasteiger partial charge is 0.340 e. The molecule has 3 N–H and O–H groups in total. The topological polar surface area (TPSA) is 84.7 Å². The quantitative estimate of drug-likeness (QED) is 0.600. The van der Waals surface area contributed by atoms with E-state index in [4.69, 9.17) is 10.5 Å². The van der Waals surface area contributed by atoms with Crippen LogP contribution in [0.5, 0.6) is 0 Å². The molecule has 0 aliphatic heterocycles. The maximum atomic E-state index is 11.8. The summed E-state index contributed by atoms with van der Waals surface area (Å²) >= 11 is 0. The van der Waals surface area contributed by atoms with Crippen LogP contribution < -0.4 is 16.0 Å². The van der Waals surface area contributed by atoms with E-state index in [9.17, 15) is 9.59 Å². The highest BCUT2D eigenvalue weighted by Gasteiger charge is 2.15. The van der Waals surface area contributed by atoms with Crippen LogP contribution in [0.4, 0.5) is 11.4 Å². The van der Waals surface area contributed by atoms with Crippen molar-refractivity contribution in [1.29, 1.82) is 0 Å². The standard InChI is InChI=1S/C14H21N3O3/c1-4-17(9-13(18)16-3)10-6-7-12(15)11(8-10)14(19)20-5-2/h6-8H,4-5,9,15H2,1-3H3,(H,16,18). The zero-order chi connectivity index (χ0) is 15.1. The molecule has 0 heterocycles. The van der Waals surface area contributed by atoms with E-state index in [0.717, 1.165) is 5.69 Å². The summed E-state index contributed by atoms with van der Waals surface area (Å²) < 4.78 is 4.96. The molecule has 6 nitrogen and oxygen atoms in total. The van der Waals surface area contributed by atoms with Gasteiger partial charge in [0.1, 0.15) is 0 Å². The first-order valence-electron chi connectivity index (χ1n) is 6.55. The van der Waals surface area contributed by atoms with Crippen LogP contribution in [0.2, 0.25) is 0 Å². The fourth-order valence-electron chi connectivity index (χ4n) is 1.76. The number of benzene rings is 1. The molecule has 20 heavy (non-hydrogen) atoms. The number of likely N-dealkylation sites (N-methyl/N-ethyl adjacent to an activating group) is 2. The van der Waals surface area contributed by atoms with E-state index in [1.54, 1.807) is 32.2 Å². The largest absolute Gasteiger partial charge is 0.462 e. The van der Waals surface area contributed by atoms with Crippen LogP contribution in [0.15, 0.2) is 18.2 Å². The Balaban J connectivity index is 3.03. The number of anilines is 2. The molecule has 1 rings (SSSR count). The minimum Gasteiger partial charge on any atom is -0.462 e. The van der Waals surface area contributed by atoms with Gasteiger partial charge in [0, 0.05) is 25.0 Å². The van der Waals surface area contributed by atoms with E-state index in [-0.39, 0.29) is 19.1 Å². The molecule has 0 radical (unpaired) electrons.